The summed E-state index contributed by atoms with van der Waals surface area (Å²) < 4.78 is 11.2. The van der Waals surface area contributed by atoms with Crippen LogP contribution in [0.25, 0.3) is 0 Å². The van der Waals surface area contributed by atoms with Crippen LogP contribution in [-0.2, 0) is 0 Å². The summed E-state index contributed by atoms with van der Waals surface area (Å²) in [5.41, 5.74) is 6.90. The molecule has 7 heteroatoms. The molecule has 1 aliphatic heterocycles. The van der Waals surface area contributed by atoms with Crippen LogP contribution in [0.3, 0.4) is 0 Å². The number of rotatable bonds is 8. The van der Waals surface area contributed by atoms with Crippen molar-refractivity contribution in [3.63, 3.8) is 0 Å². The summed E-state index contributed by atoms with van der Waals surface area (Å²) in [5.74, 6) is 2.59. The van der Waals surface area contributed by atoms with Crippen molar-refractivity contribution in [1.29, 1.82) is 0 Å². The number of nitrogens with one attached hydrogen (secondary N) is 1. The summed E-state index contributed by atoms with van der Waals surface area (Å²) in [6, 6.07) is 6.55. The molecule has 3 N–H and O–H groups in total. The second-order valence-electron chi connectivity index (χ2n) is 6.76. The molecule has 2 aliphatic rings. The number of nitrogens with zero attached hydrogens (tertiary/aromatic N) is 2. The number of nitrogens with two attached hydrogens (primary N) is 1. The van der Waals surface area contributed by atoms with Gasteiger partial charge in [-0.1, -0.05) is 0 Å². The second-order valence-corrected chi connectivity index (χ2v) is 6.76. The molecule has 0 aromatic heterocycles. The molecule has 0 bridgehead atoms. The molecule has 1 unspecified atom stereocenters. The van der Waals surface area contributed by atoms with E-state index in [1.807, 2.05) is 32.0 Å². The van der Waals surface area contributed by atoms with E-state index >= 15 is 0 Å². The van der Waals surface area contributed by atoms with Crippen molar-refractivity contribution in [3.8, 4) is 11.5 Å². The summed E-state index contributed by atoms with van der Waals surface area (Å²) in [4.78, 5) is 7.15. The molecular formula is C19H31IN4O2. The number of benzene rings is 1. The van der Waals surface area contributed by atoms with E-state index in [-0.39, 0.29) is 24.0 Å². The van der Waals surface area contributed by atoms with Crippen LogP contribution in [0.1, 0.15) is 33.1 Å². The summed E-state index contributed by atoms with van der Waals surface area (Å²) >= 11 is 0. The van der Waals surface area contributed by atoms with E-state index in [2.05, 4.69) is 15.2 Å². The Labute approximate surface area is 173 Å². The Morgan fingerprint density at radius 3 is 2.69 bits per heavy atom. The van der Waals surface area contributed by atoms with Gasteiger partial charge in [-0.2, -0.15) is 0 Å². The molecule has 3 rings (SSSR count). The number of ether oxygens (including phenoxy) is 2. The zero-order chi connectivity index (χ0) is 17.6. The maximum Gasteiger partial charge on any atom is 0.193 e. The van der Waals surface area contributed by atoms with Crippen molar-refractivity contribution >= 4 is 35.6 Å². The molecule has 1 aliphatic carbocycles. The van der Waals surface area contributed by atoms with Gasteiger partial charge in [0.25, 0.3) is 0 Å². The van der Waals surface area contributed by atoms with Crippen molar-refractivity contribution < 1.29 is 9.47 Å². The SMILES string of the molecule is CCOc1ccc(OCC)c(NC(N)=NCC2CCN(C3CC3)C2)c1.I. The maximum atomic E-state index is 6.11. The Morgan fingerprint density at radius 1 is 1.23 bits per heavy atom. The van der Waals surface area contributed by atoms with Crippen molar-refractivity contribution in [3.05, 3.63) is 18.2 Å². The molecule has 1 atom stereocenters. The number of guanidine groups is 1. The lowest BCUT2D eigenvalue weighted by atomic mass is 10.1. The van der Waals surface area contributed by atoms with Gasteiger partial charge in [-0.25, -0.2) is 0 Å². The van der Waals surface area contributed by atoms with Crippen LogP contribution in [0.15, 0.2) is 23.2 Å². The lowest BCUT2D eigenvalue weighted by Gasteiger charge is -2.15. The number of aliphatic imine (C=N–C) groups is 1. The topological polar surface area (TPSA) is 72.1 Å². The Balaban J connectivity index is 0.00000243. The molecule has 1 saturated carbocycles. The van der Waals surface area contributed by atoms with Crippen LogP contribution >= 0.6 is 24.0 Å². The van der Waals surface area contributed by atoms with Gasteiger partial charge in [-0.05, 0) is 57.7 Å². The van der Waals surface area contributed by atoms with Crippen molar-refractivity contribution in [2.24, 2.45) is 16.6 Å². The fourth-order valence-electron chi connectivity index (χ4n) is 3.33. The molecule has 0 radical (unpaired) electrons. The van der Waals surface area contributed by atoms with E-state index in [0.29, 0.717) is 25.1 Å². The Bertz CT molecular complexity index is 607. The number of halogens is 1. The van der Waals surface area contributed by atoms with Gasteiger partial charge >= 0.3 is 0 Å². The molecule has 1 aromatic carbocycles. The highest BCUT2D eigenvalue weighted by Gasteiger charge is 2.34. The van der Waals surface area contributed by atoms with E-state index < -0.39 is 0 Å². The van der Waals surface area contributed by atoms with Gasteiger partial charge < -0.3 is 25.4 Å². The summed E-state index contributed by atoms with van der Waals surface area (Å²) in [7, 11) is 0. The molecule has 1 saturated heterocycles. The zero-order valence-corrected chi connectivity index (χ0v) is 18.1. The van der Waals surface area contributed by atoms with E-state index in [9.17, 15) is 0 Å². The molecule has 146 valence electrons. The molecule has 26 heavy (non-hydrogen) atoms. The highest BCUT2D eigenvalue weighted by atomic mass is 127. The third kappa shape index (κ3) is 5.90. The van der Waals surface area contributed by atoms with Gasteiger partial charge in [0.15, 0.2) is 5.96 Å². The average molecular weight is 474 g/mol. The zero-order valence-electron chi connectivity index (χ0n) is 15.7. The first-order valence-corrected chi connectivity index (χ1v) is 9.40. The standard InChI is InChI=1S/C19H30N4O2.HI/c1-3-24-16-7-8-18(25-4-2)17(11-16)22-19(20)21-12-14-9-10-23(13-14)15-5-6-15;/h7-8,11,14-15H,3-6,9-10,12-13H2,1-2H3,(H3,20,21,22);1H. The molecular weight excluding hydrogens is 443 g/mol. The van der Waals surface area contributed by atoms with Crippen LogP contribution in [0.2, 0.25) is 0 Å². The Morgan fingerprint density at radius 2 is 2.00 bits per heavy atom. The van der Waals surface area contributed by atoms with Crippen LogP contribution in [-0.4, -0.2) is 49.7 Å². The van der Waals surface area contributed by atoms with Crippen molar-refractivity contribution in [1.82, 2.24) is 4.90 Å². The van der Waals surface area contributed by atoms with Gasteiger partial charge in [0.1, 0.15) is 11.5 Å². The lowest BCUT2D eigenvalue weighted by molar-refractivity contribution is 0.315. The first-order valence-electron chi connectivity index (χ1n) is 9.40. The average Bonchev–Trinajstić information content (AvgIpc) is 3.34. The molecule has 6 nitrogen and oxygen atoms in total. The predicted octanol–water partition coefficient (Wildman–Crippen LogP) is 3.31. The molecule has 1 aromatic rings. The minimum absolute atomic E-state index is 0. The number of hydrogen-bond acceptors (Lipinski definition) is 4. The van der Waals surface area contributed by atoms with Crippen LogP contribution in [0.4, 0.5) is 5.69 Å². The molecule has 0 amide bonds. The number of hydrogen-bond donors (Lipinski definition) is 2. The predicted molar refractivity (Wildman–Crippen MR) is 117 cm³/mol. The second kappa shape index (κ2) is 10.2. The van der Waals surface area contributed by atoms with E-state index in [4.69, 9.17) is 15.2 Å². The van der Waals surface area contributed by atoms with Gasteiger partial charge in [-0.3, -0.25) is 4.99 Å². The third-order valence-corrected chi connectivity index (χ3v) is 4.72. The summed E-state index contributed by atoms with van der Waals surface area (Å²) in [6.07, 6.45) is 3.96. The first kappa shape index (κ1) is 21.1. The maximum absolute atomic E-state index is 6.11. The molecule has 2 fully saturated rings. The summed E-state index contributed by atoms with van der Waals surface area (Å²) in [6.45, 7) is 8.29. The van der Waals surface area contributed by atoms with Gasteiger partial charge in [-0.15, -0.1) is 24.0 Å². The minimum atomic E-state index is 0. The van der Waals surface area contributed by atoms with Crippen LogP contribution in [0.5, 0.6) is 11.5 Å². The third-order valence-electron chi connectivity index (χ3n) is 4.72. The van der Waals surface area contributed by atoms with Crippen LogP contribution in [0, 0.1) is 5.92 Å². The highest BCUT2D eigenvalue weighted by Crippen LogP contribution is 2.32. The van der Waals surface area contributed by atoms with E-state index in [1.165, 1.54) is 25.8 Å². The van der Waals surface area contributed by atoms with Crippen LogP contribution < -0.4 is 20.5 Å². The van der Waals surface area contributed by atoms with Gasteiger partial charge in [0.05, 0.1) is 18.9 Å². The van der Waals surface area contributed by atoms with E-state index in [1.54, 1.807) is 0 Å². The van der Waals surface area contributed by atoms with E-state index in [0.717, 1.165) is 36.3 Å². The summed E-state index contributed by atoms with van der Waals surface area (Å²) in [5, 5.41) is 3.17. The molecule has 1 heterocycles. The van der Waals surface area contributed by atoms with Gasteiger partial charge in [0.2, 0.25) is 0 Å². The first-order chi connectivity index (χ1) is 12.2. The smallest absolute Gasteiger partial charge is 0.193 e. The normalized spacial score (nSPS) is 20.5. The Kier molecular flexibility index (Phi) is 8.27. The van der Waals surface area contributed by atoms with Crippen molar-refractivity contribution in [2.45, 2.75) is 39.2 Å². The lowest BCUT2D eigenvalue weighted by Crippen LogP contribution is -2.26. The van der Waals surface area contributed by atoms with Crippen molar-refractivity contribution in [2.75, 3.05) is 38.2 Å². The van der Waals surface area contributed by atoms with Gasteiger partial charge in [0, 0.05) is 25.2 Å². The fraction of sp³-hybridized carbons (Fsp3) is 0.632. The Hall–Kier alpha value is -1.22. The quantitative estimate of drug-likeness (QED) is 0.344. The minimum Gasteiger partial charge on any atom is -0.494 e. The highest BCUT2D eigenvalue weighted by molar-refractivity contribution is 14.0. The number of anilines is 1. The fourth-order valence-corrected chi connectivity index (χ4v) is 3.33. The molecule has 0 spiro atoms. The monoisotopic (exact) mass is 474 g/mol. The number of likely N-dealkylation sites (tertiary alicyclic amines) is 1. The largest absolute Gasteiger partial charge is 0.494 e.